The van der Waals surface area contributed by atoms with Gasteiger partial charge in [-0.15, -0.1) is 0 Å². The lowest BCUT2D eigenvalue weighted by Gasteiger charge is -2.26. The number of sulfonamides is 1. The van der Waals surface area contributed by atoms with Crippen LogP contribution < -0.4 is 9.62 Å². The third-order valence-corrected chi connectivity index (χ3v) is 8.05. The molecule has 0 radical (unpaired) electrons. The molecule has 0 saturated carbocycles. The minimum atomic E-state index is -3.90. The average molecular weight is 503 g/mol. The lowest BCUT2D eigenvalue weighted by Crippen LogP contribution is -2.41. The van der Waals surface area contributed by atoms with E-state index in [2.05, 4.69) is 5.32 Å². The van der Waals surface area contributed by atoms with Gasteiger partial charge in [0.25, 0.3) is 10.0 Å². The van der Waals surface area contributed by atoms with E-state index < -0.39 is 10.0 Å². The molecule has 33 heavy (non-hydrogen) atoms. The lowest BCUT2D eigenvalue weighted by molar-refractivity contribution is -0.119. The van der Waals surface area contributed by atoms with Crippen molar-refractivity contribution in [1.82, 2.24) is 5.32 Å². The maximum absolute atomic E-state index is 13.4. The highest BCUT2D eigenvalue weighted by Crippen LogP contribution is 2.27. The summed E-state index contributed by atoms with van der Waals surface area (Å²) in [5, 5.41) is 3.55. The molecule has 0 saturated heterocycles. The fourth-order valence-corrected chi connectivity index (χ4v) is 5.78. The van der Waals surface area contributed by atoms with Crippen LogP contribution in [0, 0.1) is 13.8 Å². The Labute approximate surface area is 205 Å². The first-order valence-corrected chi connectivity index (χ1v) is 13.5. The SMILES string of the molecule is Cc1ccc(N(CC(=O)NCCSCc2ccc(Cl)cc2)S(=O)(=O)c2ccccc2)c(C)c1. The fraction of sp³-hybridized carbons (Fsp3) is 0.240. The summed E-state index contributed by atoms with van der Waals surface area (Å²) < 4.78 is 28.0. The number of rotatable bonds is 10. The Morgan fingerprint density at radius 1 is 1.00 bits per heavy atom. The molecule has 1 amide bonds. The van der Waals surface area contributed by atoms with E-state index in [0.717, 1.165) is 22.4 Å². The summed E-state index contributed by atoms with van der Waals surface area (Å²) in [6.45, 7) is 3.95. The number of hydrogen-bond acceptors (Lipinski definition) is 4. The molecule has 0 fully saturated rings. The first kappa shape index (κ1) is 25.1. The second-order valence-corrected chi connectivity index (χ2v) is 11.0. The Morgan fingerprint density at radius 3 is 2.36 bits per heavy atom. The molecule has 174 valence electrons. The van der Waals surface area contributed by atoms with E-state index >= 15 is 0 Å². The highest BCUT2D eigenvalue weighted by atomic mass is 35.5. The molecule has 8 heteroatoms. The standard InChI is InChI=1S/C25H27ClN2O3S2/c1-19-8-13-24(20(2)16-19)28(33(30,31)23-6-4-3-5-7-23)17-25(29)27-14-15-32-18-21-9-11-22(26)12-10-21/h3-13,16H,14-15,17-18H2,1-2H3,(H,27,29). The van der Waals surface area contributed by atoms with Gasteiger partial charge >= 0.3 is 0 Å². The maximum Gasteiger partial charge on any atom is 0.264 e. The number of carbonyl (C=O) groups is 1. The molecule has 3 aromatic carbocycles. The number of nitrogens with zero attached hydrogens (tertiary/aromatic N) is 1. The highest BCUT2D eigenvalue weighted by molar-refractivity contribution is 7.98. The van der Waals surface area contributed by atoms with Crippen molar-refractivity contribution in [3.8, 4) is 0 Å². The average Bonchev–Trinajstić information content (AvgIpc) is 2.79. The van der Waals surface area contributed by atoms with Gasteiger partial charge in [-0.1, -0.05) is 59.6 Å². The summed E-state index contributed by atoms with van der Waals surface area (Å²) >= 11 is 7.59. The number of carbonyl (C=O) groups excluding carboxylic acids is 1. The Hall–Kier alpha value is -2.48. The van der Waals surface area contributed by atoms with Crippen LogP contribution in [0.15, 0.2) is 77.7 Å². The Bertz CT molecular complexity index is 1180. The van der Waals surface area contributed by atoms with Crippen molar-refractivity contribution in [2.45, 2.75) is 24.5 Å². The topological polar surface area (TPSA) is 66.5 Å². The van der Waals surface area contributed by atoms with Crippen LogP contribution in [-0.2, 0) is 20.6 Å². The first-order valence-electron chi connectivity index (χ1n) is 10.5. The predicted molar refractivity (Wildman–Crippen MR) is 138 cm³/mol. The monoisotopic (exact) mass is 502 g/mol. The number of amides is 1. The lowest BCUT2D eigenvalue weighted by atomic mass is 10.1. The van der Waals surface area contributed by atoms with Crippen LogP contribution in [0.25, 0.3) is 0 Å². The summed E-state index contributed by atoms with van der Waals surface area (Å²) in [5.74, 6) is 1.18. The van der Waals surface area contributed by atoms with Crippen LogP contribution in [0.1, 0.15) is 16.7 Å². The van der Waals surface area contributed by atoms with Crippen molar-refractivity contribution in [3.05, 3.63) is 94.5 Å². The summed E-state index contributed by atoms with van der Waals surface area (Å²) in [5.41, 5.74) is 3.47. The number of aryl methyl sites for hydroxylation is 2. The van der Waals surface area contributed by atoms with Crippen LogP contribution in [0.4, 0.5) is 5.69 Å². The largest absolute Gasteiger partial charge is 0.354 e. The minimum absolute atomic E-state index is 0.149. The zero-order chi connectivity index (χ0) is 23.8. The minimum Gasteiger partial charge on any atom is -0.354 e. The number of benzene rings is 3. The van der Waals surface area contributed by atoms with E-state index in [0.29, 0.717) is 23.0 Å². The number of nitrogens with one attached hydrogen (secondary N) is 1. The molecule has 3 rings (SSSR count). The van der Waals surface area contributed by atoms with Crippen LogP contribution in [-0.4, -0.2) is 33.2 Å². The van der Waals surface area contributed by atoms with Crippen molar-refractivity contribution in [2.75, 3.05) is 23.1 Å². The van der Waals surface area contributed by atoms with E-state index in [1.165, 1.54) is 16.4 Å². The van der Waals surface area contributed by atoms with Crippen molar-refractivity contribution in [2.24, 2.45) is 0 Å². The van der Waals surface area contributed by atoms with Crippen molar-refractivity contribution in [1.29, 1.82) is 0 Å². The van der Waals surface area contributed by atoms with Crippen molar-refractivity contribution in [3.63, 3.8) is 0 Å². The molecular weight excluding hydrogens is 476 g/mol. The fourth-order valence-electron chi connectivity index (χ4n) is 3.32. The van der Waals surface area contributed by atoms with Gasteiger partial charge in [0.05, 0.1) is 10.6 Å². The summed E-state index contributed by atoms with van der Waals surface area (Å²) in [6.07, 6.45) is 0. The molecule has 0 aliphatic rings. The van der Waals surface area contributed by atoms with Crippen LogP contribution in [0.5, 0.6) is 0 Å². The number of anilines is 1. The van der Waals surface area contributed by atoms with Gasteiger partial charge in [-0.2, -0.15) is 11.8 Å². The molecule has 0 aliphatic heterocycles. The number of thioether (sulfide) groups is 1. The van der Waals surface area contributed by atoms with Gasteiger partial charge in [-0.05, 0) is 55.3 Å². The molecule has 0 spiro atoms. The third-order valence-electron chi connectivity index (χ3n) is 4.99. The van der Waals surface area contributed by atoms with Crippen LogP contribution in [0.2, 0.25) is 5.02 Å². The third kappa shape index (κ3) is 7.00. The van der Waals surface area contributed by atoms with E-state index in [1.807, 2.05) is 50.2 Å². The van der Waals surface area contributed by atoms with E-state index in [-0.39, 0.29) is 17.3 Å². The quantitative estimate of drug-likeness (QED) is 0.387. The summed E-state index contributed by atoms with van der Waals surface area (Å²) in [6, 6.07) is 21.4. The molecule has 0 unspecified atom stereocenters. The molecule has 3 aromatic rings. The smallest absolute Gasteiger partial charge is 0.264 e. The molecule has 0 aromatic heterocycles. The van der Waals surface area contributed by atoms with Gasteiger partial charge < -0.3 is 5.32 Å². The molecular formula is C25H27ClN2O3S2. The second-order valence-electron chi connectivity index (χ2n) is 7.64. The zero-order valence-corrected chi connectivity index (χ0v) is 21.0. The van der Waals surface area contributed by atoms with Crippen LogP contribution in [0.3, 0.4) is 0 Å². The highest BCUT2D eigenvalue weighted by Gasteiger charge is 2.28. The normalized spacial score (nSPS) is 11.2. The number of hydrogen-bond donors (Lipinski definition) is 1. The first-order chi connectivity index (χ1) is 15.8. The Morgan fingerprint density at radius 2 is 1.70 bits per heavy atom. The Balaban J connectivity index is 1.65. The zero-order valence-electron chi connectivity index (χ0n) is 18.6. The van der Waals surface area contributed by atoms with Crippen molar-refractivity contribution >= 4 is 45.0 Å². The molecule has 1 N–H and O–H groups in total. The molecule has 5 nitrogen and oxygen atoms in total. The van der Waals surface area contributed by atoms with Gasteiger partial charge in [0, 0.05) is 23.1 Å². The van der Waals surface area contributed by atoms with Gasteiger partial charge in [-0.3, -0.25) is 9.10 Å². The molecule has 0 atom stereocenters. The summed E-state index contributed by atoms with van der Waals surface area (Å²) in [7, 11) is -3.90. The van der Waals surface area contributed by atoms with Gasteiger partial charge in [0.1, 0.15) is 6.54 Å². The molecule has 0 bridgehead atoms. The van der Waals surface area contributed by atoms with E-state index in [1.54, 1.807) is 36.0 Å². The Kier molecular flexibility index (Phi) is 8.83. The predicted octanol–water partition coefficient (Wildman–Crippen LogP) is 5.20. The second kappa shape index (κ2) is 11.6. The van der Waals surface area contributed by atoms with Crippen molar-refractivity contribution < 1.29 is 13.2 Å². The van der Waals surface area contributed by atoms with E-state index in [4.69, 9.17) is 11.6 Å². The molecule has 0 heterocycles. The van der Waals surface area contributed by atoms with E-state index in [9.17, 15) is 13.2 Å². The van der Waals surface area contributed by atoms with Gasteiger partial charge in [0.2, 0.25) is 5.91 Å². The molecule has 0 aliphatic carbocycles. The maximum atomic E-state index is 13.4. The van der Waals surface area contributed by atoms with Crippen LogP contribution >= 0.6 is 23.4 Å². The summed E-state index contributed by atoms with van der Waals surface area (Å²) in [4.78, 5) is 12.9. The van der Waals surface area contributed by atoms with Gasteiger partial charge in [-0.25, -0.2) is 8.42 Å². The number of halogens is 1. The van der Waals surface area contributed by atoms with Gasteiger partial charge in [0.15, 0.2) is 0 Å².